The van der Waals surface area contributed by atoms with Gasteiger partial charge < -0.3 is 10.4 Å². The molecule has 0 bridgehead atoms. The summed E-state index contributed by atoms with van der Waals surface area (Å²) in [5, 5.41) is 10.3. The van der Waals surface area contributed by atoms with Crippen molar-refractivity contribution in [3.8, 4) is 0 Å². The van der Waals surface area contributed by atoms with Gasteiger partial charge in [-0.05, 0) is 12.1 Å². The van der Waals surface area contributed by atoms with Crippen molar-refractivity contribution in [3.05, 3.63) is 30.1 Å². The van der Waals surface area contributed by atoms with E-state index >= 15 is 0 Å². The number of amides is 1. The van der Waals surface area contributed by atoms with Crippen molar-refractivity contribution in [1.29, 1.82) is 0 Å². The highest BCUT2D eigenvalue weighted by Crippen LogP contribution is 2.45. The second-order valence-corrected chi connectivity index (χ2v) is 4.06. The predicted octanol–water partition coefficient (Wildman–Crippen LogP) is 3.01. The fraction of sp³-hybridized carbons (Fsp3) is 0.364. The zero-order valence-electron chi connectivity index (χ0n) is 10.0. The van der Waals surface area contributed by atoms with Gasteiger partial charge in [0, 0.05) is 0 Å². The van der Waals surface area contributed by atoms with Gasteiger partial charge in [0.1, 0.15) is 5.82 Å². The van der Waals surface area contributed by atoms with Crippen LogP contribution in [0.1, 0.15) is 6.42 Å². The van der Waals surface area contributed by atoms with Gasteiger partial charge in [-0.25, -0.2) is 4.39 Å². The lowest BCUT2D eigenvalue weighted by atomic mass is 9.97. The standard InChI is InChI=1S/C11H8F7NO2/c12-6-3-1-2-4-7(6)19-8(20)5-9(21,10(13,14)15)11(16,17)18/h1-4,21H,5H2,(H,19,20). The van der Waals surface area contributed by atoms with E-state index in [1.54, 1.807) is 0 Å². The maximum Gasteiger partial charge on any atom is 0.426 e. The molecule has 3 nitrogen and oxygen atoms in total. The minimum Gasteiger partial charge on any atom is -0.373 e. The van der Waals surface area contributed by atoms with Crippen LogP contribution in [0.5, 0.6) is 0 Å². The lowest BCUT2D eigenvalue weighted by Crippen LogP contribution is -2.58. The SMILES string of the molecule is O=C(CC(O)(C(F)(F)F)C(F)(F)F)Nc1ccccc1F. The Morgan fingerprint density at radius 3 is 1.95 bits per heavy atom. The molecule has 118 valence electrons. The van der Waals surface area contributed by atoms with E-state index in [0.29, 0.717) is 0 Å². The Hall–Kier alpha value is -1.84. The van der Waals surface area contributed by atoms with E-state index in [-0.39, 0.29) is 0 Å². The Morgan fingerprint density at radius 2 is 1.52 bits per heavy atom. The molecular formula is C11H8F7NO2. The minimum atomic E-state index is -6.11. The number of hydrogen-bond acceptors (Lipinski definition) is 2. The third-order valence-corrected chi connectivity index (χ3v) is 2.50. The van der Waals surface area contributed by atoms with E-state index in [2.05, 4.69) is 0 Å². The van der Waals surface area contributed by atoms with Gasteiger partial charge in [0.2, 0.25) is 5.91 Å². The number of benzene rings is 1. The molecule has 0 radical (unpaired) electrons. The summed E-state index contributed by atoms with van der Waals surface area (Å²) in [6.07, 6.45) is -14.6. The largest absolute Gasteiger partial charge is 0.426 e. The highest BCUT2D eigenvalue weighted by atomic mass is 19.4. The first-order chi connectivity index (χ1) is 9.38. The van der Waals surface area contributed by atoms with Crippen LogP contribution in [0.4, 0.5) is 36.4 Å². The van der Waals surface area contributed by atoms with Gasteiger partial charge in [-0.2, -0.15) is 26.3 Å². The number of anilines is 1. The minimum absolute atomic E-state index is 0.603. The lowest BCUT2D eigenvalue weighted by molar-refractivity contribution is -0.366. The van der Waals surface area contributed by atoms with E-state index in [1.807, 2.05) is 0 Å². The number of para-hydroxylation sites is 1. The van der Waals surface area contributed by atoms with Crippen molar-refractivity contribution in [2.75, 3.05) is 5.32 Å². The Bertz CT molecular complexity index is 510. The highest BCUT2D eigenvalue weighted by Gasteiger charge is 2.71. The number of alkyl halides is 6. The summed E-state index contributed by atoms with van der Waals surface area (Å²) in [4.78, 5) is 11.2. The van der Waals surface area contributed by atoms with Gasteiger partial charge in [0.15, 0.2) is 0 Å². The molecule has 0 aliphatic heterocycles. The van der Waals surface area contributed by atoms with Gasteiger partial charge in [0.05, 0.1) is 12.1 Å². The molecule has 2 N–H and O–H groups in total. The van der Waals surface area contributed by atoms with E-state index in [0.717, 1.165) is 12.1 Å². The summed E-state index contributed by atoms with van der Waals surface area (Å²) >= 11 is 0. The molecule has 21 heavy (non-hydrogen) atoms. The Balaban J connectivity index is 2.96. The first kappa shape index (κ1) is 17.2. The third kappa shape index (κ3) is 3.63. The zero-order chi connectivity index (χ0) is 16.5. The number of aliphatic hydroxyl groups is 1. The van der Waals surface area contributed by atoms with Gasteiger partial charge >= 0.3 is 12.4 Å². The number of hydrogen-bond donors (Lipinski definition) is 2. The summed E-state index contributed by atoms with van der Waals surface area (Å²) in [5.74, 6) is -2.88. The molecule has 0 aliphatic carbocycles. The number of nitrogens with one attached hydrogen (secondary N) is 1. The quantitative estimate of drug-likeness (QED) is 0.842. The van der Waals surface area contributed by atoms with E-state index in [4.69, 9.17) is 5.11 Å². The summed E-state index contributed by atoms with van der Waals surface area (Å²) in [5.41, 5.74) is -5.82. The molecule has 1 aromatic carbocycles. The highest BCUT2D eigenvalue weighted by molar-refractivity contribution is 5.91. The van der Waals surface area contributed by atoms with Gasteiger partial charge in [-0.3, -0.25) is 4.79 Å². The van der Waals surface area contributed by atoms with Crippen molar-refractivity contribution in [2.45, 2.75) is 24.4 Å². The molecule has 0 fully saturated rings. The smallest absolute Gasteiger partial charge is 0.373 e. The van der Waals surface area contributed by atoms with Gasteiger partial charge in [0.25, 0.3) is 5.60 Å². The fourth-order valence-electron chi connectivity index (χ4n) is 1.35. The topological polar surface area (TPSA) is 49.3 Å². The normalized spacial score (nSPS) is 13.1. The Morgan fingerprint density at radius 1 is 1.05 bits per heavy atom. The molecule has 0 unspecified atom stereocenters. The molecule has 0 aromatic heterocycles. The van der Waals surface area contributed by atoms with Gasteiger partial charge in [-0.15, -0.1) is 0 Å². The van der Waals surface area contributed by atoms with Crippen molar-refractivity contribution >= 4 is 11.6 Å². The summed E-state index contributed by atoms with van der Waals surface area (Å²) in [6.45, 7) is 0. The molecule has 1 amide bonds. The molecule has 0 spiro atoms. The molecule has 0 saturated heterocycles. The lowest BCUT2D eigenvalue weighted by Gasteiger charge is -2.31. The van der Waals surface area contributed by atoms with Crippen molar-refractivity contribution in [2.24, 2.45) is 0 Å². The van der Waals surface area contributed by atoms with Crippen LogP contribution < -0.4 is 5.32 Å². The molecule has 0 aliphatic rings. The second kappa shape index (κ2) is 5.51. The Kier molecular flexibility index (Phi) is 4.51. The van der Waals surface area contributed by atoms with Crippen LogP contribution in [-0.4, -0.2) is 29.0 Å². The first-order valence-corrected chi connectivity index (χ1v) is 5.29. The number of rotatable bonds is 3. The fourth-order valence-corrected chi connectivity index (χ4v) is 1.35. The van der Waals surface area contributed by atoms with Crippen LogP contribution in [0.25, 0.3) is 0 Å². The molecule has 0 saturated carbocycles. The second-order valence-electron chi connectivity index (χ2n) is 4.06. The van der Waals surface area contributed by atoms with E-state index in [1.165, 1.54) is 17.4 Å². The van der Waals surface area contributed by atoms with Crippen molar-refractivity contribution in [1.82, 2.24) is 0 Å². The van der Waals surface area contributed by atoms with E-state index < -0.39 is 41.8 Å². The van der Waals surface area contributed by atoms with Crippen LogP contribution in [0.15, 0.2) is 24.3 Å². The zero-order valence-corrected chi connectivity index (χ0v) is 10.0. The van der Waals surface area contributed by atoms with Crippen LogP contribution in [0.2, 0.25) is 0 Å². The van der Waals surface area contributed by atoms with Crippen LogP contribution >= 0.6 is 0 Å². The number of carbonyl (C=O) groups excluding carboxylic acids is 1. The third-order valence-electron chi connectivity index (χ3n) is 2.50. The number of halogens is 7. The maximum atomic E-state index is 13.1. The average Bonchev–Trinajstić information content (AvgIpc) is 2.29. The first-order valence-electron chi connectivity index (χ1n) is 5.29. The summed E-state index contributed by atoms with van der Waals surface area (Å²) < 4.78 is 87.3. The van der Waals surface area contributed by atoms with Crippen molar-refractivity contribution in [3.63, 3.8) is 0 Å². The van der Waals surface area contributed by atoms with Gasteiger partial charge in [-0.1, -0.05) is 12.1 Å². The molecule has 1 aromatic rings. The molecule has 0 heterocycles. The predicted molar refractivity (Wildman–Crippen MR) is 56.7 cm³/mol. The molecule has 0 atom stereocenters. The summed E-state index contributed by atoms with van der Waals surface area (Å²) in [7, 11) is 0. The average molecular weight is 319 g/mol. The number of carbonyl (C=O) groups is 1. The maximum absolute atomic E-state index is 13.1. The molecule has 1 rings (SSSR count). The Labute approximate surface area is 113 Å². The van der Waals surface area contributed by atoms with E-state index in [9.17, 15) is 35.5 Å². The van der Waals surface area contributed by atoms with Crippen LogP contribution in [0, 0.1) is 5.82 Å². The van der Waals surface area contributed by atoms with Crippen LogP contribution in [-0.2, 0) is 4.79 Å². The van der Waals surface area contributed by atoms with Crippen molar-refractivity contribution < 1.29 is 40.6 Å². The monoisotopic (exact) mass is 319 g/mol. The molecular weight excluding hydrogens is 311 g/mol. The molecule has 10 heteroatoms. The van der Waals surface area contributed by atoms with Crippen LogP contribution in [0.3, 0.4) is 0 Å². The summed E-state index contributed by atoms with van der Waals surface area (Å²) in [6, 6.07) is 4.19.